The molecule has 0 saturated carbocycles. The molecule has 2 aliphatic heterocycles. The van der Waals surface area contributed by atoms with Crippen molar-refractivity contribution in [2.75, 3.05) is 36.1 Å². The van der Waals surface area contributed by atoms with E-state index >= 15 is 0 Å². The number of halogens is 2. The average Bonchev–Trinajstić information content (AvgIpc) is 2.85. The lowest BCUT2D eigenvalue weighted by Gasteiger charge is -2.36. The van der Waals surface area contributed by atoms with Gasteiger partial charge >= 0.3 is 0 Å². The number of fused-ring (bicyclic) bond motifs is 1. The van der Waals surface area contributed by atoms with Crippen LogP contribution >= 0.6 is 0 Å². The van der Waals surface area contributed by atoms with Crippen LogP contribution in [-0.4, -0.2) is 44.0 Å². The Bertz CT molecular complexity index is 1220. The Morgan fingerprint density at radius 2 is 1.62 bits per heavy atom. The number of carbonyl (C=O) groups excluding carboxylic acids is 1. The zero-order chi connectivity index (χ0) is 23.7. The van der Waals surface area contributed by atoms with E-state index in [4.69, 9.17) is 9.73 Å². The number of hydrogen-bond donors (Lipinski definition) is 0. The highest BCUT2D eigenvalue weighted by atomic mass is 19.1. The summed E-state index contributed by atoms with van der Waals surface area (Å²) in [4.78, 5) is 22.0. The second-order valence-electron chi connectivity index (χ2n) is 8.57. The predicted molar refractivity (Wildman–Crippen MR) is 129 cm³/mol. The van der Waals surface area contributed by atoms with Crippen LogP contribution in [0.2, 0.25) is 0 Å². The fraction of sp³-hybridized carbons (Fsp3) is 0.259. The van der Waals surface area contributed by atoms with E-state index in [1.54, 1.807) is 11.0 Å². The van der Waals surface area contributed by atoms with Gasteiger partial charge in [0.15, 0.2) is 0 Å². The van der Waals surface area contributed by atoms with Crippen molar-refractivity contribution in [2.45, 2.75) is 19.4 Å². The van der Waals surface area contributed by atoms with Crippen molar-refractivity contribution < 1.29 is 18.3 Å². The van der Waals surface area contributed by atoms with Crippen molar-refractivity contribution in [2.24, 2.45) is 4.99 Å². The summed E-state index contributed by atoms with van der Waals surface area (Å²) in [7, 11) is 0. The number of morpholine rings is 1. The van der Waals surface area contributed by atoms with Crippen LogP contribution in [0, 0.1) is 11.6 Å². The minimum absolute atomic E-state index is 0.207. The number of carbonyl (C=O) groups is 1. The number of anilines is 2. The molecular weight excluding hydrogens is 436 g/mol. The van der Waals surface area contributed by atoms with Gasteiger partial charge in [0, 0.05) is 42.4 Å². The first-order chi connectivity index (χ1) is 16.5. The molecule has 0 aliphatic carbocycles. The first-order valence-corrected chi connectivity index (χ1v) is 11.4. The van der Waals surface area contributed by atoms with Gasteiger partial charge in [0.25, 0.3) is 5.91 Å². The molecule has 3 aromatic rings. The van der Waals surface area contributed by atoms with Gasteiger partial charge in [-0.25, -0.2) is 8.78 Å². The van der Waals surface area contributed by atoms with Crippen LogP contribution in [0.25, 0.3) is 0 Å². The van der Waals surface area contributed by atoms with Crippen molar-refractivity contribution in [1.82, 2.24) is 0 Å². The Hall–Kier alpha value is -3.58. The molecule has 0 radical (unpaired) electrons. The summed E-state index contributed by atoms with van der Waals surface area (Å²) < 4.78 is 33.0. The number of rotatable bonds is 3. The van der Waals surface area contributed by atoms with E-state index in [1.165, 1.54) is 36.4 Å². The molecule has 3 aromatic carbocycles. The van der Waals surface area contributed by atoms with E-state index in [9.17, 15) is 13.6 Å². The number of ether oxygens (including phenoxy) is 1. The molecule has 5 nitrogen and oxygen atoms in total. The zero-order valence-electron chi connectivity index (χ0n) is 18.9. The molecule has 34 heavy (non-hydrogen) atoms. The first kappa shape index (κ1) is 22.2. The van der Waals surface area contributed by atoms with Crippen molar-refractivity contribution in [3.63, 3.8) is 0 Å². The number of aliphatic imine (C=N–C) groups is 1. The summed E-state index contributed by atoms with van der Waals surface area (Å²) >= 11 is 0. The molecule has 2 heterocycles. The van der Waals surface area contributed by atoms with Gasteiger partial charge in [0.2, 0.25) is 0 Å². The minimum Gasteiger partial charge on any atom is -0.378 e. The van der Waals surface area contributed by atoms with Gasteiger partial charge in [0.05, 0.1) is 30.3 Å². The molecule has 0 bridgehead atoms. The van der Waals surface area contributed by atoms with E-state index in [0.29, 0.717) is 23.2 Å². The highest BCUT2D eigenvalue weighted by Crippen LogP contribution is 2.34. The quantitative estimate of drug-likeness (QED) is 0.528. The molecule has 1 fully saturated rings. The summed E-state index contributed by atoms with van der Waals surface area (Å²) in [6, 6.07) is 17.6. The van der Waals surface area contributed by atoms with Gasteiger partial charge in [-0.3, -0.25) is 9.79 Å². The van der Waals surface area contributed by atoms with Crippen LogP contribution in [0.15, 0.2) is 71.7 Å². The minimum atomic E-state index is -0.403. The fourth-order valence-corrected chi connectivity index (χ4v) is 4.53. The number of amides is 1. The summed E-state index contributed by atoms with van der Waals surface area (Å²) in [6.07, 6.45) is 0.467. The molecule has 1 unspecified atom stereocenters. The Morgan fingerprint density at radius 3 is 2.32 bits per heavy atom. The van der Waals surface area contributed by atoms with Crippen molar-refractivity contribution >= 4 is 28.7 Å². The molecule has 0 aromatic heterocycles. The Kier molecular flexibility index (Phi) is 6.11. The van der Waals surface area contributed by atoms with Crippen LogP contribution < -0.4 is 9.80 Å². The lowest BCUT2D eigenvalue weighted by atomic mass is 9.93. The molecule has 1 saturated heterocycles. The van der Waals surface area contributed by atoms with Crippen LogP contribution in [0.4, 0.5) is 25.8 Å². The molecule has 1 amide bonds. The SMILES string of the molecule is CC1CC(=Nc2ccc(N3CCOCC3)cc2)c2cc(F)ccc2N1C(=O)c1ccc(F)cc1. The monoisotopic (exact) mass is 461 g/mol. The molecule has 2 aliphatic rings. The van der Waals surface area contributed by atoms with E-state index in [1.807, 2.05) is 31.2 Å². The lowest BCUT2D eigenvalue weighted by molar-refractivity contribution is 0.0978. The van der Waals surface area contributed by atoms with E-state index in [2.05, 4.69) is 4.90 Å². The average molecular weight is 462 g/mol. The highest BCUT2D eigenvalue weighted by Gasteiger charge is 2.32. The second kappa shape index (κ2) is 9.35. The molecule has 0 N–H and O–H groups in total. The summed E-state index contributed by atoms with van der Waals surface area (Å²) in [5, 5.41) is 0. The van der Waals surface area contributed by atoms with Gasteiger partial charge in [-0.1, -0.05) is 0 Å². The summed E-state index contributed by atoms with van der Waals surface area (Å²) in [6.45, 7) is 5.09. The lowest BCUT2D eigenvalue weighted by Crippen LogP contribution is -2.44. The summed E-state index contributed by atoms with van der Waals surface area (Å²) in [5.41, 5.74) is 4.18. The highest BCUT2D eigenvalue weighted by molar-refractivity contribution is 6.16. The van der Waals surface area contributed by atoms with Gasteiger partial charge < -0.3 is 14.5 Å². The third-order valence-electron chi connectivity index (χ3n) is 6.26. The van der Waals surface area contributed by atoms with Crippen molar-refractivity contribution in [3.05, 3.63) is 89.5 Å². The summed E-state index contributed by atoms with van der Waals surface area (Å²) in [5.74, 6) is -1.05. The van der Waals surface area contributed by atoms with E-state index in [0.717, 1.165) is 43.4 Å². The molecular formula is C27H25F2N3O2. The smallest absolute Gasteiger partial charge is 0.258 e. The number of benzene rings is 3. The van der Waals surface area contributed by atoms with Crippen LogP contribution in [0.5, 0.6) is 0 Å². The second-order valence-corrected chi connectivity index (χ2v) is 8.57. The third-order valence-corrected chi connectivity index (χ3v) is 6.26. The molecule has 5 rings (SSSR count). The maximum atomic E-state index is 14.2. The zero-order valence-corrected chi connectivity index (χ0v) is 18.9. The first-order valence-electron chi connectivity index (χ1n) is 11.4. The topological polar surface area (TPSA) is 45.1 Å². The predicted octanol–water partition coefficient (Wildman–Crippen LogP) is 5.36. The maximum Gasteiger partial charge on any atom is 0.258 e. The fourth-order valence-electron chi connectivity index (χ4n) is 4.53. The van der Waals surface area contributed by atoms with Gasteiger partial charge in [-0.15, -0.1) is 0 Å². The Morgan fingerprint density at radius 1 is 0.941 bits per heavy atom. The normalized spacial score (nSPS) is 19.3. The standard InChI is InChI=1S/C27H25F2N3O2/c1-18-16-25(30-22-7-9-23(10-8-22)31-12-14-34-15-13-31)24-17-21(29)6-11-26(24)32(18)27(33)19-2-4-20(28)5-3-19/h2-11,17-18H,12-16H2,1H3. The Balaban J connectivity index is 1.47. The van der Waals surface area contributed by atoms with E-state index in [-0.39, 0.29) is 11.9 Å². The van der Waals surface area contributed by atoms with Gasteiger partial charge in [-0.2, -0.15) is 0 Å². The van der Waals surface area contributed by atoms with Crippen LogP contribution in [-0.2, 0) is 4.74 Å². The van der Waals surface area contributed by atoms with Crippen LogP contribution in [0.3, 0.4) is 0 Å². The van der Waals surface area contributed by atoms with Gasteiger partial charge in [0.1, 0.15) is 11.6 Å². The largest absolute Gasteiger partial charge is 0.378 e. The molecule has 0 spiro atoms. The van der Waals surface area contributed by atoms with E-state index < -0.39 is 11.6 Å². The third kappa shape index (κ3) is 4.43. The Labute approximate surface area is 197 Å². The molecule has 174 valence electrons. The molecule has 1 atom stereocenters. The maximum absolute atomic E-state index is 14.2. The van der Waals surface area contributed by atoms with Crippen molar-refractivity contribution in [3.8, 4) is 0 Å². The molecule has 7 heteroatoms. The number of hydrogen-bond acceptors (Lipinski definition) is 4. The van der Waals surface area contributed by atoms with Crippen LogP contribution in [0.1, 0.15) is 29.3 Å². The number of nitrogens with zero attached hydrogens (tertiary/aromatic N) is 3. The van der Waals surface area contributed by atoms with Gasteiger partial charge in [-0.05, 0) is 73.7 Å². The van der Waals surface area contributed by atoms with Crippen molar-refractivity contribution in [1.29, 1.82) is 0 Å².